The molecule has 2 N–H and O–H groups in total. The van der Waals surface area contributed by atoms with E-state index in [0.29, 0.717) is 0 Å². The van der Waals surface area contributed by atoms with Crippen LogP contribution in [0.5, 0.6) is 0 Å². The molecule has 0 spiro atoms. The van der Waals surface area contributed by atoms with E-state index in [1.54, 1.807) is 0 Å². The van der Waals surface area contributed by atoms with Gasteiger partial charge in [-0.3, -0.25) is 4.68 Å². The zero-order valence-corrected chi connectivity index (χ0v) is 10.9. The summed E-state index contributed by atoms with van der Waals surface area (Å²) in [7, 11) is 0. The number of nitrogen functional groups attached to an aromatic ring is 1. The maximum atomic E-state index is 5.93. The lowest BCUT2D eigenvalue weighted by atomic mass is 10.1. The van der Waals surface area contributed by atoms with Crippen molar-refractivity contribution >= 4 is 5.69 Å². The van der Waals surface area contributed by atoms with E-state index >= 15 is 0 Å². The average molecular weight is 229 g/mol. The molecule has 0 fully saturated rings. The van der Waals surface area contributed by atoms with Gasteiger partial charge in [-0.1, -0.05) is 29.3 Å². The first kappa shape index (κ1) is 11.7. The number of hydrogen-bond acceptors (Lipinski definition) is 2. The second-order valence-electron chi connectivity index (χ2n) is 4.74. The second-order valence-corrected chi connectivity index (χ2v) is 4.74. The number of aryl methyl sites for hydroxylation is 3. The van der Waals surface area contributed by atoms with Gasteiger partial charge in [-0.2, -0.15) is 5.10 Å². The lowest BCUT2D eigenvalue weighted by molar-refractivity contribution is 0.658. The van der Waals surface area contributed by atoms with Crippen molar-refractivity contribution in [2.24, 2.45) is 0 Å². The summed E-state index contributed by atoms with van der Waals surface area (Å²) in [6, 6.07) is 6.57. The molecule has 2 aromatic rings. The van der Waals surface area contributed by atoms with Crippen LogP contribution in [0.2, 0.25) is 0 Å². The number of aromatic nitrogens is 2. The van der Waals surface area contributed by atoms with Crippen LogP contribution in [0, 0.1) is 27.7 Å². The van der Waals surface area contributed by atoms with Gasteiger partial charge in [-0.15, -0.1) is 0 Å². The number of nitrogens with zero attached hydrogens (tertiary/aromatic N) is 2. The predicted molar refractivity (Wildman–Crippen MR) is 71.1 cm³/mol. The molecule has 90 valence electrons. The van der Waals surface area contributed by atoms with Crippen molar-refractivity contribution in [1.29, 1.82) is 0 Å². The molecule has 1 aromatic heterocycles. The molecule has 0 unspecified atom stereocenters. The molecule has 0 saturated heterocycles. The normalized spacial score (nSPS) is 10.8. The maximum absolute atomic E-state index is 5.93. The van der Waals surface area contributed by atoms with Crippen LogP contribution >= 0.6 is 0 Å². The van der Waals surface area contributed by atoms with Gasteiger partial charge in [0.2, 0.25) is 0 Å². The van der Waals surface area contributed by atoms with E-state index < -0.39 is 0 Å². The van der Waals surface area contributed by atoms with Crippen LogP contribution < -0.4 is 5.73 Å². The molecular weight excluding hydrogens is 210 g/mol. The minimum Gasteiger partial charge on any atom is -0.396 e. The third-order valence-electron chi connectivity index (χ3n) is 3.05. The lowest BCUT2D eigenvalue weighted by Crippen LogP contribution is -2.05. The highest BCUT2D eigenvalue weighted by Crippen LogP contribution is 2.17. The Morgan fingerprint density at radius 1 is 1.06 bits per heavy atom. The third kappa shape index (κ3) is 2.33. The van der Waals surface area contributed by atoms with Crippen molar-refractivity contribution in [3.63, 3.8) is 0 Å². The Kier molecular flexibility index (Phi) is 2.92. The van der Waals surface area contributed by atoms with Gasteiger partial charge in [-0.25, -0.2) is 0 Å². The third-order valence-corrected chi connectivity index (χ3v) is 3.05. The van der Waals surface area contributed by atoms with E-state index in [1.807, 2.05) is 18.5 Å². The molecule has 0 amide bonds. The van der Waals surface area contributed by atoms with E-state index in [2.05, 4.69) is 37.1 Å². The van der Waals surface area contributed by atoms with Crippen molar-refractivity contribution in [2.45, 2.75) is 34.2 Å². The number of benzene rings is 1. The van der Waals surface area contributed by atoms with Crippen molar-refractivity contribution in [3.8, 4) is 0 Å². The van der Waals surface area contributed by atoms with Crippen LogP contribution in [0.15, 0.2) is 18.2 Å². The SMILES string of the molecule is Cc1cc(C)cc(Cn2nc(C)c(N)c2C)c1. The molecule has 17 heavy (non-hydrogen) atoms. The summed E-state index contributed by atoms with van der Waals surface area (Å²) in [6.45, 7) is 8.98. The molecule has 2 rings (SSSR count). The van der Waals surface area contributed by atoms with Gasteiger partial charge in [0.15, 0.2) is 0 Å². The Balaban J connectivity index is 2.34. The van der Waals surface area contributed by atoms with Crippen LogP contribution in [0.1, 0.15) is 28.1 Å². The molecule has 1 aromatic carbocycles. The van der Waals surface area contributed by atoms with Crippen LogP contribution in [-0.4, -0.2) is 9.78 Å². The molecule has 1 heterocycles. The zero-order chi connectivity index (χ0) is 12.6. The Hall–Kier alpha value is -1.77. The summed E-state index contributed by atoms with van der Waals surface area (Å²) >= 11 is 0. The second kappa shape index (κ2) is 4.24. The standard InChI is InChI=1S/C14H19N3/c1-9-5-10(2)7-13(6-9)8-17-12(4)14(15)11(3)16-17/h5-7H,8,15H2,1-4H3. The van der Waals surface area contributed by atoms with Gasteiger partial charge in [0.05, 0.1) is 23.6 Å². The van der Waals surface area contributed by atoms with Gasteiger partial charge in [0.1, 0.15) is 0 Å². The average Bonchev–Trinajstić information content (AvgIpc) is 2.45. The summed E-state index contributed by atoms with van der Waals surface area (Å²) < 4.78 is 1.97. The van der Waals surface area contributed by atoms with Crippen molar-refractivity contribution in [1.82, 2.24) is 9.78 Å². The van der Waals surface area contributed by atoms with Gasteiger partial charge >= 0.3 is 0 Å². The summed E-state index contributed by atoms with van der Waals surface area (Å²) in [5.74, 6) is 0. The molecule has 3 heteroatoms. The molecule has 3 nitrogen and oxygen atoms in total. The van der Waals surface area contributed by atoms with Gasteiger partial charge in [0, 0.05) is 0 Å². The fourth-order valence-electron chi connectivity index (χ4n) is 2.20. The summed E-state index contributed by atoms with van der Waals surface area (Å²) in [6.07, 6.45) is 0. The van der Waals surface area contributed by atoms with Crippen molar-refractivity contribution in [3.05, 3.63) is 46.3 Å². The Morgan fingerprint density at radius 3 is 2.12 bits per heavy atom. The minimum absolute atomic E-state index is 0.784. The smallest absolute Gasteiger partial charge is 0.0826 e. The fraction of sp³-hybridized carbons (Fsp3) is 0.357. The first-order valence-electron chi connectivity index (χ1n) is 5.84. The zero-order valence-electron chi connectivity index (χ0n) is 10.9. The van der Waals surface area contributed by atoms with E-state index in [0.717, 1.165) is 23.6 Å². The van der Waals surface area contributed by atoms with Gasteiger partial charge < -0.3 is 5.73 Å². The lowest BCUT2D eigenvalue weighted by Gasteiger charge is -2.07. The van der Waals surface area contributed by atoms with E-state index in [-0.39, 0.29) is 0 Å². The van der Waals surface area contributed by atoms with Crippen LogP contribution in [0.4, 0.5) is 5.69 Å². The molecule has 0 aliphatic rings. The van der Waals surface area contributed by atoms with Crippen LogP contribution in [0.3, 0.4) is 0 Å². The molecule has 0 atom stereocenters. The number of hydrogen-bond donors (Lipinski definition) is 1. The fourth-order valence-corrected chi connectivity index (χ4v) is 2.20. The van der Waals surface area contributed by atoms with E-state index in [1.165, 1.54) is 16.7 Å². The molecular formula is C14H19N3. The maximum Gasteiger partial charge on any atom is 0.0826 e. The van der Waals surface area contributed by atoms with Gasteiger partial charge in [-0.05, 0) is 33.3 Å². The topological polar surface area (TPSA) is 43.8 Å². The Morgan fingerprint density at radius 2 is 1.65 bits per heavy atom. The highest BCUT2D eigenvalue weighted by Gasteiger charge is 2.08. The van der Waals surface area contributed by atoms with Crippen LogP contribution in [0.25, 0.3) is 0 Å². The first-order valence-corrected chi connectivity index (χ1v) is 5.84. The molecule has 0 aliphatic carbocycles. The van der Waals surface area contributed by atoms with Crippen molar-refractivity contribution < 1.29 is 0 Å². The summed E-state index contributed by atoms with van der Waals surface area (Å²) in [4.78, 5) is 0. The quantitative estimate of drug-likeness (QED) is 0.860. The number of nitrogens with two attached hydrogens (primary N) is 1. The predicted octanol–water partition coefficient (Wildman–Crippen LogP) is 2.75. The van der Waals surface area contributed by atoms with Crippen LogP contribution in [-0.2, 0) is 6.54 Å². The Labute approximate surface area is 102 Å². The van der Waals surface area contributed by atoms with Gasteiger partial charge in [0.25, 0.3) is 0 Å². The number of anilines is 1. The summed E-state index contributed by atoms with van der Waals surface area (Å²) in [5, 5.41) is 4.46. The molecule has 0 radical (unpaired) electrons. The van der Waals surface area contributed by atoms with Crippen molar-refractivity contribution in [2.75, 3.05) is 5.73 Å². The molecule has 0 saturated carbocycles. The highest BCUT2D eigenvalue weighted by atomic mass is 15.3. The monoisotopic (exact) mass is 229 g/mol. The van der Waals surface area contributed by atoms with E-state index in [9.17, 15) is 0 Å². The first-order chi connectivity index (χ1) is 7.97. The van der Waals surface area contributed by atoms with E-state index in [4.69, 9.17) is 5.73 Å². The largest absolute Gasteiger partial charge is 0.396 e. The number of rotatable bonds is 2. The summed E-state index contributed by atoms with van der Waals surface area (Å²) in [5.41, 5.74) is 12.5. The minimum atomic E-state index is 0.784. The Bertz CT molecular complexity index is 533. The molecule has 0 bridgehead atoms. The highest BCUT2D eigenvalue weighted by molar-refractivity contribution is 5.47. The molecule has 0 aliphatic heterocycles.